The van der Waals surface area contributed by atoms with E-state index >= 15 is 0 Å². The van der Waals surface area contributed by atoms with Gasteiger partial charge in [-0.05, 0) is 51.3 Å². The number of hydrogen-bond donors (Lipinski definition) is 1. The molecule has 1 unspecified atom stereocenters. The first kappa shape index (κ1) is 13.1. The number of pyridine rings is 1. The van der Waals surface area contributed by atoms with Crippen LogP contribution in [0.2, 0.25) is 0 Å². The number of amides is 1. The number of carbonyl (C=O) groups excluding carboxylic acids is 1. The Kier molecular flexibility index (Phi) is 4.00. The summed E-state index contributed by atoms with van der Waals surface area (Å²) in [7, 11) is 0. The Morgan fingerprint density at radius 1 is 1.28 bits per heavy atom. The Balaban J connectivity index is 2.04. The summed E-state index contributed by atoms with van der Waals surface area (Å²) in [4.78, 5) is 16.5. The van der Waals surface area contributed by atoms with Crippen LogP contribution >= 0.6 is 0 Å². The van der Waals surface area contributed by atoms with Crippen LogP contribution in [0.25, 0.3) is 0 Å². The summed E-state index contributed by atoms with van der Waals surface area (Å²) < 4.78 is 0. The predicted molar refractivity (Wildman–Crippen MR) is 72.5 cm³/mol. The molecule has 1 heterocycles. The quantitative estimate of drug-likeness (QED) is 0.891. The summed E-state index contributed by atoms with van der Waals surface area (Å²) >= 11 is 0. The van der Waals surface area contributed by atoms with Crippen LogP contribution in [0.5, 0.6) is 0 Å². The molecule has 0 spiro atoms. The lowest BCUT2D eigenvalue weighted by molar-refractivity contribution is -0.122. The van der Waals surface area contributed by atoms with Gasteiger partial charge < -0.3 is 5.32 Å². The lowest BCUT2D eigenvalue weighted by Crippen LogP contribution is -2.35. The van der Waals surface area contributed by atoms with Gasteiger partial charge in [0, 0.05) is 17.4 Å². The highest BCUT2D eigenvalue weighted by molar-refractivity contribution is 5.83. The molecule has 3 heteroatoms. The monoisotopic (exact) mass is 246 g/mol. The molecule has 1 aromatic heterocycles. The van der Waals surface area contributed by atoms with Gasteiger partial charge in [0.05, 0.1) is 5.92 Å². The molecule has 2 rings (SSSR count). The Hall–Kier alpha value is -1.38. The van der Waals surface area contributed by atoms with Gasteiger partial charge in [-0.15, -0.1) is 0 Å². The zero-order chi connectivity index (χ0) is 13.1. The first-order chi connectivity index (χ1) is 8.56. The van der Waals surface area contributed by atoms with Gasteiger partial charge in [0.25, 0.3) is 0 Å². The van der Waals surface area contributed by atoms with Crippen molar-refractivity contribution in [3.05, 3.63) is 29.1 Å². The first-order valence-corrected chi connectivity index (χ1v) is 6.82. The lowest BCUT2D eigenvalue weighted by Gasteiger charge is -2.17. The molecule has 0 aliphatic heterocycles. The van der Waals surface area contributed by atoms with Gasteiger partial charge in [-0.1, -0.05) is 12.8 Å². The van der Waals surface area contributed by atoms with Gasteiger partial charge in [-0.25, -0.2) is 0 Å². The van der Waals surface area contributed by atoms with Gasteiger partial charge >= 0.3 is 0 Å². The topological polar surface area (TPSA) is 42.0 Å². The Morgan fingerprint density at radius 3 is 2.39 bits per heavy atom. The van der Waals surface area contributed by atoms with E-state index in [1.54, 1.807) is 0 Å². The minimum atomic E-state index is -0.0917. The standard InChI is InChI=1S/C15H22N2O/c1-10-8-13(9-11(2)16-10)12(3)15(18)17-14-6-4-5-7-14/h8-9,12,14H,4-7H2,1-3H3,(H,17,18). The van der Waals surface area contributed by atoms with Crippen molar-refractivity contribution in [1.82, 2.24) is 10.3 Å². The highest BCUT2D eigenvalue weighted by Gasteiger charge is 2.21. The van der Waals surface area contributed by atoms with Gasteiger partial charge in [0.15, 0.2) is 0 Å². The average Bonchev–Trinajstić information content (AvgIpc) is 2.79. The van der Waals surface area contributed by atoms with Gasteiger partial charge in [0.2, 0.25) is 5.91 Å². The zero-order valence-corrected chi connectivity index (χ0v) is 11.5. The minimum Gasteiger partial charge on any atom is -0.353 e. The number of nitrogens with zero attached hydrogens (tertiary/aromatic N) is 1. The molecule has 1 aliphatic rings. The number of aryl methyl sites for hydroxylation is 2. The molecule has 1 atom stereocenters. The largest absolute Gasteiger partial charge is 0.353 e. The van der Waals surface area contributed by atoms with Crippen molar-refractivity contribution in [2.45, 2.75) is 58.4 Å². The van der Waals surface area contributed by atoms with Crippen LogP contribution < -0.4 is 5.32 Å². The van der Waals surface area contributed by atoms with Crippen LogP contribution in [-0.2, 0) is 4.79 Å². The van der Waals surface area contributed by atoms with Crippen molar-refractivity contribution < 1.29 is 4.79 Å². The lowest BCUT2D eigenvalue weighted by atomic mass is 9.99. The molecule has 18 heavy (non-hydrogen) atoms. The normalized spacial score (nSPS) is 17.7. The van der Waals surface area contributed by atoms with E-state index in [9.17, 15) is 4.79 Å². The van der Waals surface area contributed by atoms with Gasteiger partial charge in [-0.2, -0.15) is 0 Å². The molecule has 1 amide bonds. The Labute approximate surface area is 109 Å². The number of hydrogen-bond acceptors (Lipinski definition) is 2. The Bertz CT molecular complexity index is 416. The summed E-state index contributed by atoms with van der Waals surface area (Å²) in [5.74, 6) is 0.0536. The van der Waals surface area contributed by atoms with Crippen LogP contribution in [0.1, 0.15) is 55.5 Å². The van der Waals surface area contributed by atoms with Gasteiger partial charge in [-0.3, -0.25) is 9.78 Å². The van der Waals surface area contributed by atoms with Crippen LogP contribution in [-0.4, -0.2) is 16.9 Å². The second-order valence-electron chi connectivity index (χ2n) is 5.39. The van der Waals surface area contributed by atoms with Crippen molar-refractivity contribution >= 4 is 5.91 Å². The third-order valence-corrected chi connectivity index (χ3v) is 3.70. The van der Waals surface area contributed by atoms with Crippen LogP contribution in [0, 0.1) is 13.8 Å². The fraction of sp³-hybridized carbons (Fsp3) is 0.600. The van der Waals surface area contributed by atoms with Crippen molar-refractivity contribution in [3.63, 3.8) is 0 Å². The summed E-state index contributed by atoms with van der Waals surface area (Å²) in [6.07, 6.45) is 4.75. The smallest absolute Gasteiger partial charge is 0.227 e. The molecule has 98 valence electrons. The summed E-state index contributed by atoms with van der Waals surface area (Å²) in [6.45, 7) is 5.91. The third kappa shape index (κ3) is 3.09. The van der Waals surface area contributed by atoms with E-state index in [0.29, 0.717) is 6.04 Å². The number of carbonyl (C=O) groups is 1. The maximum atomic E-state index is 12.2. The molecule has 1 fully saturated rings. The maximum absolute atomic E-state index is 12.2. The fourth-order valence-corrected chi connectivity index (χ4v) is 2.66. The molecule has 3 nitrogen and oxygen atoms in total. The third-order valence-electron chi connectivity index (χ3n) is 3.70. The van der Waals surface area contributed by atoms with Crippen molar-refractivity contribution in [3.8, 4) is 0 Å². The van der Waals surface area contributed by atoms with E-state index in [2.05, 4.69) is 10.3 Å². The maximum Gasteiger partial charge on any atom is 0.227 e. The molecule has 1 saturated carbocycles. The number of nitrogens with one attached hydrogen (secondary N) is 1. The highest BCUT2D eigenvalue weighted by Crippen LogP contribution is 2.21. The van der Waals surface area contributed by atoms with Crippen molar-refractivity contribution in [2.75, 3.05) is 0 Å². The van der Waals surface area contributed by atoms with Crippen LogP contribution in [0.3, 0.4) is 0 Å². The summed E-state index contributed by atoms with van der Waals surface area (Å²) in [6, 6.07) is 4.40. The molecule has 0 saturated heterocycles. The average molecular weight is 246 g/mol. The van der Waals surface area contributed by atoms with E-state index in [-0.39, 0.29) is 11.8 Å². The first-order valence-electron chi connectivity index (χ1n) is 6.82. The molecule has 1 N–H and O–H groups in total. The summed E-state index contributed by atoms with van der Waals surface area (Å²) in [5, 5.41) is 3.16. The number of rotatable bonds is 3. The molecule has 1 aliphatic carbocycles. The SMILES string of the molecule is Cc1cc(C(C)C(=O)NC2CCCC2)cc(C)n1. The zero-order valence-electron chi connectivity index (χ0n) is 11.5. The van der Waals surface area contributed by atoms with E-state index in [1.165, 1.54) is 12.8 Å². The van der Waals surface area contributed by atoms with Crippen LogP contribution in [0.4, 0.5) is 0 Å². The molecular formula is C15H22N2O. The highest BCUT2D eigenvalue weighted by atomic mass is 16.1. The second-order valence-corrected chi connectivity index (χ2v) is 5.39. The van der Waals surface area contributed by atoms with Crippen molar-refractivity contribution in [2.24, 2.45) is 0 Å². The molecule has 0 bridgehead atoms. The summed E-state index contributed by atoms with van der Waals surface area (Å²) in [5.41, 5.74) is 3.02. The van der Waals surface area contributed by atoms with E-state index in [0.717, 1.165) is 29.8 Å². The fourth-order valence-electron chi connectivity index (χ4n) is 2.66. The molecule has 1 aromatic rings. The Morgan fingerprint density at radius 2 is 1.83 bits per heavy atom. The van der Waals surface area contributed by atoms with Crippen molar-refractivity contribution in [1.29, 1.82) is 0 Å². The molecule has 0 radical (unpaired) electrons. The second kappa shape index (κ2) is 5.51. The molecular weight excluding hydrogens is 224 g/mol. The van der Waals surface area contributed by atoms with E-state index in [4.69, 9.17) is 0 Å². The molecule has 0 aromatic carbocycles. The van der Waals surface area contributed by atoms with Crippen LogP contribution in [0.15, 0.2) is 12.1 Å². The van der Waals surface area contributed by atoms with E-state index < -0.39 is 0 Å². The van der Waals surface area contributed by atoms with E-state index in [1.807, 2.05) is 32.9 Å². The number of aromatic nitrogens is 1. The predicted octanol–water partition coefficient (Wildman–Crippen LogP) is 2.86. The van der Waals surface area contributed by atoms with Gasteiger partial charge in [0.1, 0.15) is 0 Å². The minimum absolute atomic E-state index is 0.0917.